The molecule has 0 saturated carbocycles. The average molecular weight is 364 g/mol. The molecule has 0 amide bonds. The van der Waals surface area contributed by atoms with E-state index in [0.717, 1.165) is 25.2 Å². The number of rotatable bonds is 3. The third-order valence-electron chi connectivity index (χ3n) is 5.11. The molecule has 2 aromatic carbocycles. The summed E-state index contributed by atoms with van der Waals surface area (Å²) < 4.78 is 0. The van der Waals surface area contributed by atoms with E-state index in [1.165, 1.54) is 27.8 Å². The van der Waals surface area contributed by atoms with Crippen LogP contribution in [0.25, 0.3) is 0 Å². The normalized spacial score (nSPS) is 16.4. The Morgan fingerprint density at radius 2 is 1.81 bits per heavy atom. The van der Waals surface area contributed by atoms with Crippen LogP contribution < -0.4 is 4.90 Å². The van der Waals surface area contributed by atoms with Crippen LogP contribution in [-0.2, 0) is 12.8 Å². The van der Waals surface area contributed by atoms with Gasteiger partial charge in [-0.25, -0.2) is 9.97 Å². The van der Waals surface area contributed by atoms with Crippen LogP contribution in [0.5, 0.6) is 0 Å². The van der Waals surface area contributed by atoms with Crippen LogP contribution in [0, 0.1) is 13.8 Å². The first-order valence-electron chi connectivity index (χ1n) is 9.00. The maximum absolute atomic E-state index is 6.06. The highest BCUT2D eigenvalue weighted by atomic mass is 35.5. The Kier molecular flexibility index (Phi) is 4.64. The Morgan fingerprint density at radius 1 is 1.04 bits per heavy atom. The zero-order valence-corrected chi connectivity index (χ0v) is 15.9. The van der Waals surface area contributed by atoms with E-state index in [1.54, 1.807) is 6.20 Å². The van der Waals surface area contributed by atoms with Gasteiger partial charge < -0.3 is 4.90 Å². The molecule has 0 radical (unpaired) electrons. The van der Waals surface area contributed by atoms with Crippen molar-refractivity contribution in [3.63, 3.8) is 0 Å². The average Bonchev–Trinajstić information content (AvgIpc) is 2.63. The molecular formula is C22H22ClN3. The quantitative estimate of drug-likeness (QED) is 0.606. The van der Waals surface area contributed by atoms with Crippen LogP contribution in [0.2, 0.25) is 5.28 Å². The molecule has 0 aliphatic carbocycles. The minimum atomic E-state index is 0.244. The highest BCUT2D eigenvalue weighted by Crippen LogP contribution is 2.36. The first-order valence-corrected chi connectivity index (χ1v) is 9.38. The van der Waals surface area contributed by atoms with Crippen molar-refractivity contribution in [2.24, 2.45) is 0 Å². The summed E-state index contributed by atoms with van der Waals surface area (Å²) in [7, 11) is 0. The SMILES string of the molecule is Cc1ccc(CC2c3ccc(C)cc3CCN2c2ccnc(Cl)n2)cc1. The number of anilines is 1. The smallest absolute Gasteiger partial charge is 0.224 e. The first-order chi connectivity index (χ1) is 12.6. The molecule has 1 aliphatic rings. The van der Waals surface area contributed by atoms with Gasteiger partial charge in [-0.1, -0.05) is 53.6 Å². The van der Waals surface area contributed by atoms with E-state index in [0.29, 0.717) is 5.28 Å². The molecule has 1 atom stereocenters. The molecule has 4 heteroatoms. The van der Waals surface area contributed by atoms with Gasteiger partial charge in [-0.15, -0.1) is 0 Å². The Labute approximate surface area is 159 Å². The lowest BCUT2D eigenvalue weighted by atomic mass is 9.87. The van der Waals surface area contributed by atoms with Crippen molar-refractivity contribution in [1.29, 1.82) is 0 Å². The number of aromatic nitrogens is 2. The van der Waals surface area contributed by atoms with Crippen molar-refractivity contribution >= 4 is 17.4 Å². The van der Waals surface area contributed by atoms with E-state index in [-0.39, 0.29) is 6.04 Å². The van der Waals surface area contributed by atoms with Gasteiger partial charge >= 0.3 is 0 Å². The number of hydrogen-bond acceptors (Lipinski definition) is 3. The highest BCUT2D eigenvalue weighted by Gasteiger charge is 2.28. The summed E-state index contributed by atoms with van der Waals surface area (Å²) in [6.07, 6.45) is 3.69. The van der Waals surface area contributed by atoms with Crippen LogP contribution >= 0.6 is 11.6 Å². The van der Waals surface area contributed by atoms with E-state index in [4.69, 9.17) is 11.6 Å². The third-order valence-corrected chi connectivity index (χ3v) is 5.29. The zero-order valence-electron chi connectivity index (χ0n) is 15.1. The van der Waals surface area contributed by atoms with Crippen molar-refractivity contribution < 1.29 is 0 Å². The monoisotopic (exact) mass is 363 g/mol. The number of hydrogen-bond donors (Lipinski definition) is 0. The fourth-order valence-corrected chi connectivity index (χ4v) is 3.91. The summed E-state index contributed by atoms with van der Waals surface area (Å²) in [6.45, 7) is 5.21. The van der Waals surface area contributed by atoms with E-state index in [1.807, 2.05) is 6.07 Å². The summed E-state index contributed by atoms with van der Waals surface area (Å²) in [4.78, 5) is 10.9. The van der Waals surface area contributed by atoms with Crippen LogP contribution in [0.1, 0.15) is 33.9 Å². The predicted molar refractivity (Wildman–Crippen MR) is 107 cm³/mol. The second kappa shape index (κ2) is 7.08. The molecule has 0 saturated heterocycles. The van der Waals surface area contributed by atoms with Gasteiger partial charge in [0.1, 0.15) is 5.82 Å². The molecular weight excluding hydrogens is 342 g/mol. The predicted octanol–water partition coefficient (Wildman–Crippen LogP) is 5.09. The zero-order chi connectivity index (χ0) is 18.1. The largest absolute Gasteiger partial charge is 0.349 e. The number of aryl methyl sites for hydroxylation is 2. The van der Waals surface area contributed by atoms with Gasteiger partial charge in [-0.2, -0.15) is 0 Å². The summed E-state index contributed by atoms with van der Waals surface area (Å²) in [5, 5.41) is 0.297. The fraction of sp³-hybridized carbons (Fsp3) is 0.273. The molecule has 0 fully saturated rings. The minimum absolute atomic E-state index is 0.244. The van der Waals surface area contributed by atoms with Crippen molar-refractivity contribution in [2.75, 3.05) is 11.4 Å². The third kappa shape index (κ3) is 3.45. The van der Waals surface area contributed by atoms with Crippen molar-refractivity contribution in [1.82, 2.24) is 9.97 Å². The molecule has 1 unspecified atom stereocenters. The standard InChI is InChI=1S/C22H22ClN3/c1-15-3-6-17(7-4-15)14-20-19-8-5-16(2)13-18(19)10-12-26(20)21-9-11-24-22(23)25-21/h3-9,11,13,20H,10,12,14H2,1-2H3. The lowest BCUT2D eigenvalue weighted by molar-refractivity contribution is 0.572. The Bertz CT molecular complexity index is 921. The number of benzene rings is 2. The molecule has 4 rings (SSSR count). The maximum Gasteiger partial charge on any atom is 0.224 e. The van der Waals surface area contributed by atoms with Crippen LogP contribution in [0.3, 0.4) is 0 Å². The van der Waals surface area contributed by atoms with Gasteiger partial charge in [0.15, 0.2) is 0 Å². The van der Waals surface area contributed by atoms with E-state index >= 15 is 0 Å². The van der Waals surface area contributed by atoms with Crippen molar-refractivity contribution in [3.8, 4) is 0 Å². The summed E-state index contributed by atoms with van der Waals surface area (Å²) >= 11 is 6.06. The Hall–Kier alpha value is -2.39. The molecule has 3 aromatic rings. The molecule has 132 valence electrons. The van der Waals surface area contributed by atoms with Crippen LogP contribution in [0.4, 0.5) is 5.82 Å². The lowest BCUT2D eigenvalue weighted by Crippen LogP contribution is -2.37. The molecule has 0 N–H and O–H groups in total. The van der Waals surface area contributed by atoms with Gasteiger partial charge in [0.05, 0.1) is 6.04 Å². The second-order valence-corrected chi connectivity index (χ2v) is 7.37. The number of nitrogens with zero attached hydrogens (tertiary/aromatic N) is 3. The summed E-state index contributed by atoms with van der Waals surface area (Å²) in [5.41, 5.74) is 6.76. The summed E-state index contributed by atoms with van der Waals surface area (Å²) in [5.74, 6) is 0.897. The topological polar surface area (TPSA) is 29.0 Å². The second-order valence-electron chi connectivity index (χ2n) is 7.04. The molecule has 3 nitrogen and oxygen atoms in total. The minimum Gasteiger partial charge on any atom is -0.349 e. The maximum atomic E-state index is 6.06. The molecule has 1 aliphatic heterocycles. The molecule has 2 heterocycles. The number of halogens is 1. The molecule has 26 heavy (non-hydrogen) atoms. The first kappa shape index (κ1) is 17.0. The van der Waals surface area contributed by atoms with Gasteiger partial charge in [0.2, 0.25) is 5.28 Å². The van der Waals surface area contributed by atoms with E-state index in [9.17, 15) is 0 Å². The van der Waals surface area contributed by atoms with Gasteiger partial charge in [0, 0.05) is 12.7 Å². The van der Waals surface area contributed by atoms with Crippen molar-refractivity contribution in [3.05, 3.63) is 87.8 Å². The Balaban J connectivity index is 1.75. The highest BCUT2D eigenvalue weighted by molar-refractivity contribution is 6.28. The molecule has 0 bridgehead atoms. The molecule has 0 spiro atoms. The fourth-order valence-electron chi connectivity index (χ4n) is 3.77. The van der Waals surface area contributed by atoms with E-state index < -0.39 is 0 Å². The van der Waals surface area contributed by atoms with Crippen LogP contribution in [-0.4, -0.2) is 16.5 Å². The van der Waals surface area contributed by atoms with Crippen LogP contribution in [0.15, 0.2) is 54.7 Å². The van der Waals surface area contributed by atoms with Gasteiger partial charge in [-0.3, -0.25) is 0 Å². The summed E-state index contributed by atoms with van der Waals surface area (Å²) in [6, 6.07) is 17.8. The van der Waals surface area contributed by atoms with E-state index in [2.05, 4.69) is 71.2 Å². The molecule has 1 aromatic heterocycles. The van der Waals surface area contributed by atoms with Gasteiger partial charge in [0.25, 0.3) is 0 Å². The number of fused-ring (bicyclic) bond motifs is 1. The van der Waals surface area contributed by atoms with Gasteiger partial charge in [-0.05, 0) is 61.0 Å². The Morgan fingerprint density at radius 3 is 2.58 bits per heavy atom. The van der Waals surface area contributed by atoms with Crippen molar-refractivity contribution in [2.45, 2.75) is 32.7 Å². The lowest BCUT2D eigenvalue weighted by Gasteiger charge is -2.38.